The zero-order chi connectivity index (χ0) is 14.3. The number of nitrogens with one attached hydrogen (secondary N) is 1. The monoisotopic (exact) mass is 270 g/mol. The van der Waals surface area contributed by atoms with Gasteiger partial charge in [-0.1, -0.05) is 6.92 Å². The van der Waals surface area contributed by atoms with Gasteiger partial charge in [0.1, 0.15) is 0 Å². The van der Waals surface area contributed by atoms with Crippen molar-refractivity contribution in [2.75, 3.05) is 66.5 Å². The minimum atomic E-state index is 0.285. The largest absolute Gasteiger partial charge is 0.311 e. The van der Waals surface area contributed by atoms with Crippen molar-refractivity contribution in [2.45, 2.75) is 32.7 Å². The van der Waals surface area contributed by atoms with E-state index in [1.54, 1.807) is 0 Å². The Morgan fingerprint density at radius 2 is 1.53 bits per heavy atom. The van der Waals surface area contributed by atoms with Crippen LogP contribution in [0.15, 0.2) is 0 Å². The van der Waals surface area contributed by atoms with Gasteiger partial charge in [0, 0.05) is 57.9 Å². The highest BCUT2D eigenvalue weighted by Crippen LogP contribution is 2.06. The first-order valence-corrected chi connectivity index (χ1v) is 7.77. The van der Waals surface area contributed by atoms with Gasteiger partial charge in [-0.3, -0.25) is 9.80 Å². The highest BCUT2D eigenvalue weighted by molar-refractivity contribution is 4.77. The van der Waals surface area contributed by atoms with Crippen LogP contribution in [-0.4, -0.2) is 86.7 Å². The Hall–Kier alpha value is -0.160. The van der Waals surface area contributed by atoms with E-state index in [-0.39, 0.29) is 5.54 Å². The van der Waals surface area contributed by atoms with Crippen molar-refractivity contribution in [3.63, 3.8) is 0 Å². The summed E-state index contributed by atoms with van der Waals surface area (Å²) in [5.41, 5.74) is 0.285. The molecule has 0 aromatic carbocycles. The van der Waals surface area contributed by atoms with E-state index in [0.717, 1.165) is 6.54 Å². The van der Waals surface area contributed by atoms with Crippen molar-refractivity contribution >= 4 is 0 Å². The molecule has 0 aromatic heterocycles. The molecule has 4 heteroatoms. The van der Waals surface area contributed by atoms with Crippen LogP contribution in [0.1, 0.15) is 27.2 Å². The predicted octanol–water partition coefficient (Wildman–Crippen LogP) is 0.944. The van der Waals surface area contributed by atoms with Crippen molar-refractivity contribution in [1.29, 1.82) is 0 Å². The maximum Gasteiger partial charge on any atom is 0.0123 e. The van der Waals surface area contributed by atoms with Gasteiger partial charge >= 0.3 is 0 Å². The Balaban J connectivity index is 2.10. The smallest absolute Gasteiger partial charge is 0.0123 e. The standard InChI is InChI=1S/C15H34N4/c1-6-15(2,3)16-7-8-18-11-13-19(14-12-18)10-9-17(4)5/h16H,6-14H2,1-5H3. The molecule has 1 heterocycles. The van der Waals surface area contributed by atoms with Crippen LogP contribution in [0.4, 0.5) is 0 Å². The fraction of sp³-hybridized carbons (Fsp3) is 1.00. The lowest BCUT2D eigenvalue weighted by Crippen LogP contribution is -2.50. The zero-order valence-corrected chi connectivity index (χ0v) is 13.7. The van der Waals surface area contributed by atoms with Crippen molar-refractivity contribution in [3.05, 3.63) is 0 Å². The normalized spacial score (nSPS) is 19.3. The van der Waals surface area contributed by atoms with Crippen LogP contribution in [0.5, 0.6) is 0 Å². The summed E-state index contributed by atoms with van der Waals surface area (Å²) in [6.07, 6.45) is 1.19. The van der Waals surface area contributed by atoms with Gasteiger partial charge in [0.05, 0.1) is 0 Å². The molecular formula is C15H34N4. The van der Waals surface area contributed by atoms with Gasteiger partial charge in [-0.05, 0) is 34.4 Å². The Morgan fingerprint density at radius 3 is 2.00 bits per heavy atom. The second kappa shape index (κ2) is 8.20. The average Bonchev–Trinajstić information content (AvgIpc) is 2.37. The molecule has 1 saturated heterocycles. The molecule has 4 nitrogen and oxygen atoms in total. The van der Waals surface area contributed by atoms with Crippen molar-refractivity contribution < 1.29 is 0 Å². The number of hydrogen-bond acceptors (Lipinski definition) is 4. The quantitative estimate of drug-likeness (QED) is 0.709. The zero-order valence-electron chi connectivity index (χ0n) is 13.7. The summed E-state index contributed by atoms with van der Waals surface area (Å²) in [7, 11) is 4.30. The minimum Gasteiger partial charge on any atom is -0.311 e. The van der Waals surface area contributed by atoms with Crippen LogP contribution < -0.4 is 5.32 Å². The molecule has 19 heavy (non-hydrogen) atoms. The summed E-state index contributed by atoms with van der Waals surface area (Å²) in [6, 6.07) is 0. The lowest BCUT2D eigenvalue weighted by molar-refractivity contribution is 0.124. The van der Waals surface area contributed by atoms with E-state index in [0.29, 0.717) is 0 Å². The summed E-state index contributed by atoms with van der Waals surface area (Å²) in [5.74, 6) is 0. The third-order valence-electron chi connectivity index (χ3n) is 4.24. The lowest BCUT2D eigenvalue weighted by Gasteiger charge is -2.36. The maximum atomic E-state index is 3.65. The molecular weight excluding hydrogens is 236 g/mol. The maximum absolute atomic E-state index is 3.65. The SMILES string of the molecule is CCC(C)(C)NCCN1CCN(CCN(C)C)CC1. The van der Waals surface area contributed by atoms with E-state index in [1.165, 1.54) is 52.2 Å². The summed E-state index contributed by atoms with van der Waals surface area (Å²) < 4.78 is 0. The van der Waals surface area contributed by atoms with Crippen LogP contribution in [0.2, 0.25) is 0 Å². The molecule has 1 aliphatic heterocycles. The highest BCUT2D eigenvalue weighted by Gasteiger charge is 2.18. The number of rotatable bonds is 8. The van der Waals surface area contributed by atoms with Crippen LogP contribution in [0, 0.1) is 0 Å². The molecule has 1 rings (SSSR count). The first kappa shape index (κ1) is 16.9. The van der Waals surface area contributed by atoms with E-state index in [9.17, 15) is 0 Å². The summed E-state index contributed by atoms with van der Waals surface area (Å²) in [4.78, 5) is 7.44. The average molecular weight is 270 g/mol. The third kappa shape index (κ3) is 7.25. The topological polar surface area (TPSA) is 21.8 Å². The highest BCUT2D eigenvalue weighted by atomic mass is 15.3. The molecule has 0 bridgehead atoms. The molecule has 0 atom stereocenters. The molecule has 0 aromatic rings. The first-order chi connectivity index (χ1) is 8.93. The van der Waals surface area contributed by atoms with E-state index < -0.39 is 0 Å². The van der Waals surface area contributed by atoms with Crippen LogP contribution in [0.3, 0.4) is 0 Å². The molecule has 0 spiro atoms. The Morgan fingerprint density at radius 1 is 1.00 bits per heavy atom. The number of hydrogen-bond donors (Lipinski definition) is 1. The van der Waals surface area contributed by atoms with Gasteiger partial charge in [-0.25, -0.2) is 0 Å². The van der Waals surface area contributed by atoms with Crippen LogP contribution >= 0.6 is 0 Å². The van der Waals surface area contributed by atoms with Crippen LogP contribution in [-0.2, 0) is 0 Å². The first-order valence-electron chi connectivity index (χ1n) is 7.77. The number of nitrogens with zero attached hydrogens (tertiary/aromatic N) is 3. The van der Waals surface area contributed by atoms with Gasteiger partial charge in [-0.2, -0.15) is 0 Å². The molecule has 1 N–H and O–H groups in total. The fourth-order valence-electron chi connectivity index (χ4n) is 2.26. The molecule has 0 aliphatic carbocycles. The molecule has 0 saturated carbocycles. The molecule has 1 aliphatic rings. The van der Waals surface area contributed by atoms with Gasteiger partial charge in [0.25, 0.3) is 0 Å². The Bertz CT molecular complexity index is 232. The number of likely N-dealkylation sites (N-methyl/N-ethyl adjacent to an activating group) is 1. The van der Waals surface area contributed by atoms with Crippen molar-refractivity contribution in [1.82, 2.24) is 20.0 Å². The Labute approximate surface area is 120 Å². The summed E-state index contributed by atoms with van der Waals surface area (Å²) >= 11 is 0. The predicted molar refractivity (Wildman–Crippen MR) is 83.8 cm³/mol. The fourth-order valence-corrected chi connectivity index (χ4v) is 2.26. The summed E-state index contributed by atoms with van der Waals surface area (Å²) in [5, 5.41) is 3.65. The van der Waals surface area contributed by atoms with Crippen LogP contribution in [0.25, 0.3) is 0 Å². The minimum absolute atomic E-state index is 0.285. The molecule has 0 radical (unpaired) electrons. The van der Waals surface area contributed by atoms with E-state index in [2.05, 4.69) is 54.9 Å². The second-order valence-corrected chi connectivity index (χ2v) is 6.65. The lowest BCUT2D eigenvalue weighted by atomic mass is 10.0. The molecule has 0 unspecified atom stereocenters. The molecule has 114 valence electrons. The molecule has 0 amide bonds. The van der Waals surface area contributed by atoms with Gasteiger partial charge < -0.3 is 10.2 Å². The van der Waals surface area contributed by atoms with Gasteiger partial charge in [0.15, 0.2) is 0 Å². The van der Waals surface area contributed by atoms with E-state index >= 15 is 0 Å². The second-order valence-electron chi connectivity index (χ2n) is 6.65. The van der Waals surface area contributed by atoms with E-state index in [4.69, 9.17) is 0 Å². The van der Waals surface area contributed by atoms with Crippen molar-refractivity contribution in [2.24, 2.45) is 0 Å². The third-order valence-corrected chi connectivity index (χ3v) is 4.24. The van der Waals surface area contributed by atoms with Gasteiger partial charge in [-0.15, -0.1) is 0 Å². The van der Waals surface area contributed by atoms with Gasteiger partial charge in [0.2, 0.25) is 0 Å². The van der Waals surface area contributed by atoms with E-state index in [1.807, 2.05) is 0 Å². The van der Waals surface area contributed by atoms with Crippen molar-refractivity contribution in [3.8, 4) is 0 Å². The summed E-state index contributed by atoms with van der Waals surface area (Å²) in [6.45, 7) is 16.4. The Kier molecular flexibility index (Phi) is 7.29. The number of piperazine rings is 1. The molecule has 1 fully saturated rings.